The van der Waals surface area contributed by atoms with Crippen molar-refractivity contribution >= 4 is 21.7 Å². The molecule has 0 unspecified atom stereocenters. The summed E-state index contributed by atoms with van der Waals surface area (Å²) in [4.78, 5) is 19.0. The summed E-state index contributed by atoms with van der Waals surface area (Å²) >= 11 is 0. The van der Waals surface area contributed by atoms with Crippen molar-refractivity contribution in [2.45, 2.75) is 27.7 Å². The van der Waals surface area contributed by atoms with Gasteiger partial charge in [-0.15, -0.1) is 0 Å². The Hall–Kier alpha value is -4.44. The van der Waals surface area contributed by atoms with Gasteiger partial charge in [0.1, 0.15) is 0 Å². The fourth-order valence-corrected chi connectivity index (χ4v) is 4.83. The Bertz CT molecular complexity index is 1790. The van der Waals surface area contributed by atoms with Crippen LogP contribution < -0.4 is 0 Å². The highest BCUT2D eigenvalue weighted by Gasteiger charge is 2.14. The number of hydrogen-bond donors (Lipinski definition) is 0. The van der Waals surface area contributed by atoms with Crippen molar-refractivity contribution in [1.82, 2.24) is 19.9 Å². The van der Waals surface area contributed by atoms with Crippen LogP contribution in [0.3, 0.4) is 0 Å². The Balaban J connectivity index is 1.54. The van der Waals surface area contributed by atoms with Crippen LogP contribution in [0.5, 0.6) is 0 Å². The predicted molar refractivity (Wildman–Crippen MR) is 148 cm³/mol. The van der Waals surface area contributed by atoms with Crippen molar-refractivity contribution in [1.29, 1.82) is 0 Å². The second-order valence-electron chi connectivity index (χ2n) is 9.59. The molecule has 4 nitrogen and oxygen atoms in total. The molecule has 0 spiro atoms. The van der Waals surface area contributed by atoms with E-state index in [0.29, 0.717) is 0 Å². The first-order valence-electron chi connectivity index (χ1n) is 12.1. The number of nitrogens with zero attached hydrogens (tertiary/aromatic N) is 4. The fraction of sp³-hybridized carbons (Fsp3) is 0.125. The molecule has 3 aromatic carbocycles. The standard InChI is InChI=1S/C32H26N4/c1-19-5-8-24-26(11-19)28(15-30-27(24)12-21(3)16-35-30)32-18-33-17-31(36-32)25-14-23(7-6-22(25)4)29-13-20(2)9-10-34-29/h5-18H,1-4H3. The second kappa shape index (κ2) is 8.65. The quantitative estimate of drug-likeness (QED) is 0.250. The highest BCUT2D eigenvalue weighted by Crippen LogP contribution is 2.35. The lowest BCUT2D eigenvalue weighted by Crippen LogP contribution is -1.95. The van der Waals surface area contributed by atoms with Crippen LogP contribution in [0.2, 0.25) is 0 Å². The topological polar surface area (TPSA) is 51.6 Å². The number of rotatable bonds is 3. The predicted octanol–water partition coefficient (Wildman–Crippen LogP) is 7.81. The highest BCUT2D eigenvalue weighted by molar-refractivity contribution is 6.12. The third-order valence-electron chi connectivity index (χ3n) is 6.73. The molecule has 36 heavy (non-hydrogen) atoms. The molecule has 0 atom stereocenters. The second-order valence-corrected chi connectivity index (χ2v) is 9.59. The highest BCUT2D eigenvalue weighted by atomic mass is 14.8. The van der Waals surface area contributed by atoms with Gasteiger partial charge in [0.05, 0.1) is 35.0 Å². The monoisotopic (exact) mass is 466 g/mol. The van der Waals surface area contributed by atoms with Gasteiger partial charge in [0.15, 0.2) is 0 Å². The molecule has 0 aliphatic heterocycles. The van der Waals surface area contributed by atoms with Gasteiger partial charge < -0.3 is 0 Å². The number of aromatic nitrogens is 4. The summed E-state index contributed by atoms with van der Waals surface area (Å²) < 4.78 is 0. The van der Waals surface area contributed by atoms with Gasteiger partial charge in [0.2, 0.25) is 0 Å². The lowest BCUT2D eigenvalue weighted by molar-refractivity contribution is 1.20. The average Bonchev–Trinajstić information content (AvgIpc) is 2.88. The molecule has 0 saturated heterocycles. The molecule has 6 rings (SSSR count). The van der Waals surface area contributed by atoms with Crippen LogP contribution in [-0.4, -0.2) is 19.9 Å². The van der Waals surface area contributed by atoms with E-state index in [2.05, 4.69) is 92.3 Å². The first kappa shape index (κ1) is 22.1. The van der Waals surface area contributed by atoms with Crippen LogP contribution in [0.1, 0.15) is 22.3 Å². The number of aryl methyl sites for hydroxylation is 4. The van der Waals surface area contributed by atoms with Crippen molar-refractivity contribution in [2.75, 3.05) is 0 Å². The maximum absolute atomic E-state index is 5.12. The van der Waals surface area contributed by atoms with Gasteiger partial charge in [-0.1, -0.05) is 35.9 Å². The van der Waals surface area contributed by atoms with Crippen LogP contribution in [0.4, 0.5) is 0 Å². The van der Waals surface area contributed by atoms with Gasteiger partial charge in [-0.3, -0.25) is 15.0 Å². The zero-order valence-corrected chi connectivity index (χ0v) is 20.9. The zero-order chi connectivity index (χ0) is 24.8. The van der Waals surface area contributed by atoms with Crippen LogP contribution in [0.15, 0.2) is 85.5 Å². The summed E-state index contributed by atoms with van der Waals surface area (Å²) in [6, 6.07) is 21.5. The molecule has 0 N–H and O–H groups in total. The minimum absolute atomic E-state index is 0.839. The van der Waals surface area contributed by atoms with E-state index in [0.717, 1.165) is 61.2 Å². The van der Waals surface area contributed by atoms with E-state index < -0.39 is 0 Å². The Kier molecular flexibility index (Phi) is 5.30. The van der Waals surface area contributed by atoms with E-state index in [1.807, 2.05) is 30.9 Å². The minimum atomic E-state index is 0.839. The van der Waals surface area contributed by atoms with Gasteiger partial charge in [0.25, 0.3) is 0 Å². The van der Waals surface area contributed by atoms with Gasteiger partial charge >= 0.3 is 0 Å². The summed E-state index contributed by atoms with van der Waals surface area (Å²) in [5.41, 5.74) is 11.5. The molecular weight excluding hydrogens is 440 g/mol. The van der Waals surface area contributed by atoms with E-state index in [1.54, 1.807) is 0 Å². The Morgan fingerprint density at radius 2 is 1.31 bits per heavy atom. The number of fused-ring (bicyclic) bond motifs is 3. The molecule has 0 bridgehead atoms. The zero-order valence-electron chi connectivity index (χ0n) is 20.9. The molecule has 3 aromatic heterocycles. The van der Waals surface area contributed by atoms with E-state index in [-0.39, 0.29) is 0 Å². The maximum atomic E-state index is 5.12. The van der Waals surface area contributed by atoms with Crippen LogP contribution >= 0.6 is 0 Å². The van der Waals surface area contributed by atoms with Crippen molar-refractivity contribution in [3.05, 3.63) is 108 Å². The average molecular weight is 467 g/mol. The molecule has 0 aliphatic rings. The molecule has 0 saturated carbocycles. The van der Waals surface area contributed by atoms with Crippen molar-refractivity contribution in [3.8, 4) is 33.8 Å². The van der Waals surface area contributed by atoms with Crippen molar-refractivity contribution in [3.63, 3.8) is 0 Å². The van der Waals surface area contributed by atoms with Gasteiger partial charge in [0, 0.05) is 34.5 Å². The molecule has 0 amide bonds. The summed E-state index contributed by atoms with van der Waals surface area (Å²) in [7, 11) is 0. The van der Waals surface area contributed by atoms with Crippen LogP contribution in [0, 0.1) is 27.7 Å². The Labute approximate surface area is 210 Å². The number of hydrogen-bond acceptors (Lipinski definition) is 4. The lowest BCUT2D eigenvalue weighted by atomic mass is 9.95. The molecular formula is C32H26N4. The molecule has 4 heteroatoms. The summed E-state index contributed by atoms with van der Waals surface area (Å²) in [6.45, 7) is 8.40. The van der Waals surface area contributed by atoms with Crippen LogP contribution in [-0.2, 0) is 0 Å². The molecule has 174 valence electrons. The number of benzene rings is 3. The first-order chi connectivity index (χ1) is 17.5. The molecule has 6 aromatic rings. The minimum Gasteiger partial charge on any atom is -0.260 e. The Morgan fingerprint density at radius 3 is 2.14 bits per heavy atom. The SMILES string of the molecule is Cc1ccnc(-c2ccc(C)c(-c3cncc(-c4cc5ncc(C)cc5c5ccc(C)cc45)n3)c2)c1. The fourth-order valence-electron chi connectivity index (χ4n) is 4.83. The van der Waals surface area contributed by atoms with Gasteiger partial charge in [-0.25, -0.2) is 4.98 Å². The van der Waals surface area contributed by atoms with E-state index in [4.69, 9.17) is 9.97 Å². The van der Waals surface area contributed by atoms with E-state index in [1.165, 1.54) is 16.5 Å². The summed E-state index contributed by atoms with van der Waals surface area (Å²) in [5.74, 6) is 0. The summed E-state index contributed by atoms with van der Waals surface area (Å²) in [6.07, 6.45) is 7.46. The first-order valence-corrected chi connectivity index (χ1v) is 12.1. The van der Waals surface area contributed by atoms with Crippen molar-refractivity contribution in [2.24, 2.45) is 0 Å². The van der Waals surface area contributed by atoms with Gasteiger partial charge in [-0.2, -0.15) is 0 Å². The Morgan fingerprint density at radius 1 is 0.528 bits per heavy atom. The van der Waals surface area contributed by atoms with Gasteiger partial charge in [-0.05, 0) is 85.5 Å². The van der Waals surface area contributed by atoms with Crippen LogP contribution in [0.25, 0.3) is 55.4 Å². The lowest BCUT2D eigenvalue weighted by Gasteiger charge is -2.13. The molecule has 0 fully saturated rings. The molecule has 3 heterocycles. The molecule has 0 radical (unpaired) electrons. The van der Waals surface area contributed by atoms with Crippen molar-refractivity contribution < 1.29 is 0 Å². The van der Waals surface area contributed by atoms with E-state index in [9.17, 15) is 0 Å². The number of pyridine rings is 2. The normalized spacial score (nSPS) is 11.3. The van der Waals surface area contributed by atoms with E-state index >= 15 is 0 Å². The third kappa shape index (κ3) is 3.91. The smallest absolute Gasteiger partial charge is 0.0899 e. The maximum Gasteiger partial charge on any atom is 0.0899 e. The molecule has 0 aliphatic carbocycles. The third-order valence-corrected chi connectivity index (χ3v) is 6.73. The largest absolute Gasteiger partial charge is 0.260 e. The summed E-state index contributed by atoms with van der Waals surface area (Å²) in [5, 5.41) is 3.50.